The molecule has 3 aromatic rings. The first-order valence-corrected chi connectivity index (χ1v) is 16.6. The lowest BCUT2D eigenvalue weighted by Gasteiger charge is -2.17. The molecule has 11 nitrogen and oxygen atoms in total. The van der Waals surface area contributed by atoms with Gasteiger partial charge in [0, 0.05) is 6.42 Å². The number of aryl methyl sites for hydroxylation is 3. The van der Waals surface area contributed by atoms with Crippen LogP contribution in [0.5, 0.6) is 23.0 Å². The summed E-state index contributed by atoms with van der Waals surface area (Å²) in [5.74, 6) is 0.278. The molecule has 228 valence electrons. The van der Waals surface area contributed by atoms with Gasteiger partial charge in [-0.15, -0.1) is 0 Å². The molecule has 43 heavy (non-hydrogen) atoms. The number of hydrogen-bond acceptors (Lipinski definition) is 7. The van der Waals surface area contributed by atoms with Crippen LogP contribution in [0.25, 0.3) is 0 Å². The Morgan fingerprint density at radius 1 is 0.744 bits per heavy atom. The predicted octanol–water partition coefficient (Wildman–Crippen LogP) is 6.46. The highest BCUT2D eigenvalue weighted by molar-refractivity contribution is 7.52. The van der Waals surface area contributed by atoms with Gasteiger partial charge < -0.3 is 24.4 Å². The Balaban J connectivity index is 1.38. The molecular weight excluding hydrogens is 596 g/mol. The number of phenolic OH excluding ortho intramolecular Hbond substituents is 2. The summed E-state index contributed by atoms with van der Waals surface area (Å²) in [6.45, 7) is 0. The van der Waals surface area contributed by atoms with Gasteiger partial charge >= 0.3 is 15.6 Å². The summed E-state index contributed by atoms with van der Waals surface area (Å²) < 4.78 is 38.4. The number of hydrogen-bond donors (Lipinski definition) is 6. The lowest BCUT2D eigenvalue weighted by atomic mass is 9.95. The fourth-order valence-corrected chi connectivity index (χ4v) is 6.08. The lowest BCUT2D eigenvalue weighted by Crippen LogP contribution is -2.09. The Morgan fingerprint density at radius 2 is 1.42 bits per heavy atom. The highest BCUT2D eigenvalue weighted by Gasteiger charge is 2.24. The van der Waals surface area contributed by atoms with E-state index in [2.05, 4.69) is 4.76 Å². The minimum atomic E-state index is -4.77. The van der Waals surface area contributed by atoms with Crippen molar-refractivity contribution in [3.05, 3.63) is 107 Å². The van der Waals surface area contributed by atoms with Crippen LogP contribution in [0.15, 0.2) is 95.0 Å². The van der Waals surface area contributed by atoms with Gasteiger partial charge in [0.05, 0.1) is 5.71 Å². The Bertz CT molecular complexity index is 1640. The average molecular weight is 630 g/mol. The van der Waals surface area contributed by atoms with Gasteiger partial charge in [-0.25, -0.2) is 9.13 Å². The molecule has 0 saturated heterocycles. The molecule has 3 aromatic carbocycles. The molecule has 6 N–H and O–H groups in total. The molecule has 0 bridgehead atoms. The topological polar surface area (TPSA) is 186 Å². The summed E-state index contributed by atoms with van der Waals surface area (Å²) in [5, 5.41) is 29.5. The third-order valence-corrected chi connectivity index (χ3v) is 7.94. The largest absolute Gasteiger partial charge is 0.524 e. The maximum atomic E-state index is 13.0. The monoisotopic (exact) mass is 629 g/mol. The van der Waals surface area contributed by atoms with Gasteiger partial charge in [0.25, 0.3) is 0 Å². The van der Waals surface area contributed by atoms with Crippen molar-refractivity contribution in [2.24, 2.45) is 4.76 Å². The van der Waals surface area contributed by atoms with E-state index >= 15 is 0 Å². The molecule has 1 atom stereocenters. The Labute approximate surface area is 248 Å². The van der Waals surface area contributed by atoms with Crippen molar-refractivity contribution in [2.75, 3.05) is 0 Å². The summed E-state index contributed by atoms with van der Waals surface area (Å²) in [6, 6.07) is 17.5. The van der Waals surface area contributed by atoms with Crippen LogP contribution in [0.4, 0.5) is 0 Å². The molecule has 0 fully saturated rings. The Kier molecular flexibility index (Phi) is 10.5. The number of rotatable bonds is 13. The van der Waals surface area contributed by atoms with Crippen LogP contribution < -0.4 is 9.05 Å². The smallest absolute Gasteiger partial charge is 0.508 e. The van der Waals surface area contributed by atoms with Gasteiger partial charge in [-0.1, -0.05) is 24.3 Å². The summed E-state index contributed by atoms with van der Waals surface area (Å²) in [6.07, 6.45) is 6.33. The second-order valence-electron chi connectivity index (χ2n) is 10.0. The van der Waals surface area contributed by atoms with Crippen molar-refractivity contribution in [3.63, 3.8) is 0 Å². The number of benzene rings is 3. The Hall–Kier alpha value is -3.85. The van der Waals surface area contributed by atoms with Crippen LogP contribution in [-0.4, -0.2) is 35.7 Å². The molecule has 0 spiro atoms. The standard InChI is InChI=1S/C30H33NO10P2/c32-25-11-3-7-21(17-25)5-1-9-23-19-26(33)13-15-29(23)31-42(35,36)40-28-12-4-8-22(18-28)6-2-10-24-20-27(34)14-16-30(24)41-43(37,38)39/h3-4,7-8,11-14,16-20,32-34H,1-2,5-6,9-10,15H2,(H,35,36)(H2,37,38,39). The van der Waals surface area contributed by atoms with Gasteiger partial charge in [0.15, 0.2) is 0 Å². The van der Waals surface area contributed by atoms with E-state index in [-0.39, 0.29) is 35.2 Å². The first-order chi connectivity index (χ1) is 20.3. The SMILES string of the molecule is O=P(O)(O)Oc1ccc(O)cc1CCCc1cccc(OP(=O)(O)N=C2CC=C(O)C=C2CCCc2cccc(O)c2)c1. The van der Waals surface area contributed by atoms with Gasteiger partial charge in [-0.3, -0.25) is 14.7 Å². The number of phosphoric acid groups is 1. The summed E-state index contributed by atoms with van der Waals surface area (Å²) in [5.41, 5.74) is 3.11. The van der Waals surface area contributed by atoms with Crippen LogP contribution in [0.2, 0.25) is 0 Å². The third kappa shape index (κ3) is 10.4. The molecule has 0 heterocycles. The van der Waals surface area contributed by atoms with Crippen LogP contribution in [0, 0.1) is 0 Å². The number of aliphatic hydroxyl groups is 1. The van der Waals surface area contributed by atoms with Crippen molar-refractivity contribution < 1.29 is 48.2 Å². The van der Waals surface area contributed by atoms with Gasteiger partial charge in [-0.2, -0.15) is 4.76 Å². The van der Waals surface area contributed by atoms with E-state index in [1.54, 1.807) is 36.4 Å². The minimum Gasteiger partial charge on any atom is -0.508 e. The third-order valence-electron chi connectivity index (χ3n) is 6.56. The molecule has 13 heteroatoms. The molecule has 4 rings (SSSR count). The number of nitrogens with zero attached hydrogens (tertiary/aromatic N) is 1. The predicted molar refractivity (Wildman–Crippen MR) is 162 cm³/mol. The molecule has 1 aliphatic rings. The molecular formula is C30H33NO10P2. The summed E-state index contributed by atoms with van der Waals surface area (Å²) >= 11 is 0. The first-order valence-electron chi connectivity index (χ1n) is 13.5. The second-order valence-corrected chi connectivity index (χ2v) is 12.6. The summed E-state index contributed by atoms with van der Waals surface area (Å²) in [7, 11) is -9.25. The Morgan fingerprint density at radius 3 is 2.14 bits per heavy atom. The molecule has 1 aliphatic carbocycles. The molecule has 0 aromatic heterocycles. The second kappa shape index (κ2) is 14.1. The number of phenols is 2. The number of phosphoric ester groups is 1. The number of aromatic hydroxyl groups is 2. The molecule has 1 unspecified atom stereocenters. The summed E-state index contributed by atoms with van der Waals surface area (Å²) in [4.78, 5) is 28.9. The van der Waals surface area contributed by atoms with E-state index in [0.29, 0.717) is 55.4 Å². The van der Waals surface area contributed by atoms with Gasteiger partial charge in [0.2, 0.25) is 0 Å². The van der Waals surface area contributed by atoms with Crippen LogP contribution >= 0.6 is 15.6 Å². The number of aliphatic hydroxyl groups excluding tert-OH is 1. The normalized spacial score (nSPS) is 15.8. The molecule has 0 saturated carbocycles. The highest BCUT2D eigenvalue weighted by Crippen LogP contribution is 2.46. The highest BCUT2D eigenvalue weighted by atomic mass is 31.2. The fraction of sp³-hybridized carbons (Fsp3) is 0.233. The minimum absolute atomic E-state index is 0.0257. The number of allylic oxidation sites excluding steroid dienone is 3. The van der Waals surface area contributed by atoms with Crippen LogP contribution in [0.1, 0.15) is 42.4 Å². The van der Waals surface area contributed by atoms with E-state index in [1.807, 2.05) is 6.07 Å². The van der Waals surface area contributed by atoms with E-state index < -0.39 is 15.6 Å². The van der Waals surface area contributed by atoms with Crippen molar-refractivity contribution >= 4 is 21.3 Å². The van der Waals surface area contributed by atoms with E-state index in [4.69, 9.17) is 18.8 Å². The quantitative estimate of drug-likeness (QED) is 0.115. The zero-order valence-corrected chi connectivity index (χ0v) is 24.9. The average Bonchev–Trinajstić information content (AvgIpc) is 2.91. The molecule has 0 aliphatic heterocycles. The maximum absolute atomic E-state index is 13.0. The van der Waals surface area contributed by atoms with E-state index in [1.165, 1.54) is 36.4 Å². The fourth-order valence-electron chi connectivity index (χ4n) is 4.70. The van der Waals surface area contributed by atoms with Gasteiger partial charge in [-0.05, 0) is 115 Å². The zero-order chi connectivity index (χ0) is 31.0. The maximum Gasteiger partial charge on any atom is 0.524 e. The van der Waals surface area contributed by atoms with Crippen molar-refractivity contribution in [1.82, 2.24) is 0 Å². The molecule has 0 radical (unpaired) electrons. The van der Waals surface area contributed by atoms with Crippen molar-refractivity contribution in [3.8, 4) is 23.0 Å². The van der Waals surface area contributed by atoms with Crippen molar-refractivity contribution in [1.29, 1.82) is 0 Å². The van der Waals surface area contributed by atoms with E-state index in [0.717, 1.165) is 11.1 Å². The lowest BCUT2D eigenvalue weighted by molar-refractivity contribution is 0.282. The van der Waals surface area contributed by atoms with Crippen LogP contribution in [0.3, 0.4) is 0 Å². The van der Waals surface area contributed by atoms with Crippen molar-refractivity contribution in [2.45, 2.75) is 44.9 Å². The first kappa shape index (κ1) is 32.1. The zero-order valence-electron chi connectivity index (χ0n) is 23.1. The molecule has 0 amide bonds. The van der Waals surface area contributed by atoms with Gasteiger partial charge in [0.1, 0.15) is 28.8 Å². The van der Waals surface area contributed by atoms with E-state index in [9.17, 15) is 29.3 Å². The van der Waals surface area contributed by atoms with Crippen LogP contribution in [-0.2, 0) is 28.4 Å².